The average molecular weight is 351 g/mol. The van der Waals surface area contributed by atoms with Crippen molar-refractivity contribution in [2.45, 2.75) is 5.22 Å². The van der Waals surface area contributed by atoms with Gasteiger partial charge in [-0.25, -0.2) is 0 Å². The number of nitrogens with zero attached hydrogens (tertiary/aromatic N) is 5. The summed E-state index contributed by atoms with van der Waals surface area (Å²) in [6, 6.07) is 14.6. The molecule has 0 spiro atoms. The lowest BCUT2D eigenvalue weighted by atomic mass is 10.3. The maximum absolute atomic E-state index is 12.4. The number of hydrogen-bond donors (Lipinski definition) is 0. The molecule has 0 aliphatic heterocycles. The fourth-order valence-electron chi connectivity index (χ4n) is 2.08. The minimum atomic E-state index is -0.209. The van der Waals surface area contributed by atoms with Crippen LogP contribution in [0.1, 0.15) is 0 Å². The number of carbonyl (C=O) groups excluding carboxylic acids is 1. The number of nitriles is 1. The van der Waals surface area contributed by atoms with Crippen molar-refractivity contribution in [3.8, 4) is 17.5 Å². The van der Waals surface area contributed by atoms with Crippen LogP contribution in [0.15, 0.2) is 64.5 Å². The second-order valence-corrected chi connectivity index (χ2v) is 5.80. The molecule has 3 aromatic rings. The first-order chi connectivity index (χ1) is 12.3. The zero-order chi connectivity index (χ0) is 17.5. The van der Waals surface area contributed by atoms with Crippen LogP contribution in [0.3, 0.4) is 0 Å². The summed E-state index contributed by atoms with van der Waals surface area (Å²) in [5, 5.41) is 17.1. The molecule has 1 aromatic carbocycles. The molecule has 0 radical (unpaired) electrons. The lowest BCUT2D eigenvalue weighted by molar-refractivity contribution is -0.116. The molecule has 0 bridgehead atoms. The van der Waals surface area contributed by atoms with Gasteiger partial charge in [-0.3, -0.25) is 14.7 Å². The van der Waals surface area contributed by atoms with Gasteiger partial charge in [0.25, 0.3) is 5.22 Å². The van der Waals surface area contributed by atoms with E-state index in [1.807, 2.05) is 30.3 Å². The van der Waals surface area contributed by atoms with E-state index in [1.165, 1.54) is 4.90 Å². The van der Waals surface area contributed by atoms with E-state index in [0.29, 0.717) is 17.1 Å². The van der Waals surface area contributed by atoms with Crippen LogP contribution in [-0.2, 0) is 4.79 Å². The van der Waals surface area contributed by atoms with Gasteiger partial charge in [0, 0.05) is 18.1 Å². The number of thioether (sulfide) groups is 1. The topological polar surface area (TPSA) is 95.9 Å². The van der Waals surface area contributed by atoms with Crippen molar-refractivity contribution < 1.29 is 9.21 Å². The number of amides is 1. The highest BCUT2D eigenvalue weighted by Gasteiger charge is 2.17. The second-order valence-electron chi connectivity index (χ2n) is 4.88. The lowest BCUT2D eigenvalue weighted by Crippen LogP contribution is -2.32. The van der Waals surface area contributed by atoms with Crippen LogP contribution in [0.2, 0.25) is 0 Å². The maximum atomic E-state index is 12.4. The van der Waals surface area contributed by atoms with E-state index in [9.17, 15) is 4.79 Å². The van der Waals surface area contributed by atoms with E-state index in [-0.39, 0.29) is 23.4 Å². The molecule has 0 atom stereocenters. The van der Waals surface area contributed by atoms with E-state index in [1.54, 1.807) is 30.6 Å². The molecule has 124 valence electrons. The Morgan fingerprint density at radius 3 is 2.76 bits per heavy atom. The Labute approximate surface area is 148 Å². The molecule has 0 saturated heterocycles. The molecular weight excluding hydrogens is 338 g/mol. The van der Waals surface area contributed by atoms with Crippen molar-refractivity contribution in [2.75, 3.05) is 17.2 Å². The third-order valence-electron chi connectivity index (χ3n) is 3.23. The molecule has 0 fully saturated rings. The molecular formula is C17H13N5O2S. The minimum absolute atomic E-state index is 0.0197. The number of benzene rings is 1. The highest BCUT2D eigenvalue weighted by molar-refractivity contribution is 7.99. The first-order valence-corrected chi connectivity index (χ1v) is 8.35. The van der Waals surface area contributed by atoms with Crippen molar-refractivity contribution in [2.24, 2.45) is 0 Å². The average Bonchev–Trinajstić information content (AvgIpc) is 3.15. The van der Waals surface area contributed by atoms with Crippen LogP contribution in [-0.4, -0.2) is 33.4 Å². The quantitative estimate of drug-likeness (QED) is 0.497. The van der Waals surface area contributed by atoms with Crippen LogP contribution in [0.25, 0.3) is 11.5 Å². The summed E-state index contributed by atoms with van der Waals surface area (Å²) in [5.41, 5.74) is 1.39. The zero-order valence-corrected chi connectivity index (χ0v) is 13.9. The van der Waals surface area contributed by atoms with Gasteiger partial charge in [0.1, 0.15) is 6.54 Å². The summed E-state index contributed by atoms with van der Waals surface area (Å²) in [6.07, 6.45) is 3.28. The first-order valence-electron chi connectivity index (χ1n) is 7.37. The van der Waals surface area contributed by atoms with Gasteiger partial charge in [-0.05, 0) is 24.3 Å². The van der Waals surface area contributed by atoms with Crippen molar-refractivity contribution >= 4 is 23.4 Å². The smallest absolute Gasteiger partial charge is 0.277 e. The number of anilines is 1. The molecule has 2 aromatic heterocycles. The van der Waals surface area contributed by atoms with Crippen molar-refractivity contribution in [3.63, 3.8) is 0 Å². The van der Waals surface area contributed by atoms with E-state index in [0.717, 1.165) is 11.8 Å². The second kappa shape index (κ2) is 8.08. The van der Waals surface area contributed by atoms with Gasteiger partial charge >= 0.3 is 0 Å². The van der Waals surface area contributed by atoms with Crippen LogP contribution < -0.4 is 4.90 Å². The summed E-state index contributed by atoms with van der Waals surface area (Å²) >= 11 is 1.13. The van der Waals surface area contributed by atoms with Crippen molar-refractivity contribution in [1.29, 1.82) is 5.26 Å². The third kappa shape index (κ3) is 4.22. The predicted molar refractivity (Wildman–Crippen MR) is 92.7 cm³/mol. The minimum Gasteiger partial charge on any atom is -0.411 e. The monoisotopic (exact) mass is 351 g/mol. The molecule has 7 nitrogen and oxygen atoms in total. The number of hydrogen-bond acceptors (Lipinski definition) is 7. The Hall–Kier alpha value is -3.18. The largest absolute Gasteiger partial charge is 0.411 e. The fourth-order valence-corrected chi connectivity index (χ4v) is 2.72. The Balaban J connectivity index is 1.65. The molecule has 2 heterocycles. The van der Waals surface area contributed by atoms with Gasteiger partial charge in [-0.15, -0.1) is 10.2 Å². The number of rotatable bonds is 6. The molecule has 0 aliphatic carbocycles. The van der Waals surface area contributed by atoms with Crippen LogP contribution in [0.4, 0.5) is 5.69 Å². The molecule has 25 heavy (non-hydrogen) atoms. The highest BCUT2D eigenvalue weighted by atomic mass is 32.2. The summed E-state index contributed by atoms with van der Waals surface area (Å²) in [5.74, 6) is 0.226. The van der Waals surface area contributed by atoms with Crippen molar-refractivity contribution in [3.05, 3.63) is 54.9 Å². The number of pyridine rings is 1. The van der Waals surface area contributed by atoms with Gasteiger partial charge in [-0.2, -0.15) is 5.26 Å². The Kier molecular flexibility index (Phi) is 5.39. The van der Waals surface area contributed by atoms with Gasteiger partial charge in [0.2, 0.25) is 11.8 Å². The Morgan fingerprint density at radius 1 is 1.20 bits per heavy atom. The maximum Gasteiger partial charge on any atom is 0.277 e. The van der Waals surface area contributed by atoms with Gasteiger partial charge in [-0.1, -0.05) is 30.0 Å². The van der Waals surface area contributed by atoms with Crippen molar-refractivity contribution in [1.82, 2.24) is 15.2 Å². The fraction of sp³-hybridized carbons (Fsp3) is 0.118. The molecule has 0 saturated carbocycles. The molecule has 0 unspecified atom stereocenters. The van der Waals surface area contributed by atoms with Gasteiger partial charge in [0.15, 0.2) is 0 Å². The Bertz CT molecular complexity index is 877. The number of aromatic nitrogens is 3. The van der Waals surface area contributed by atoms with E-state index < -0.39 is 0 Å². The summed E-state index contributed by atoms with van der Waals surface area (Å²) in [7, 11) is 0. The Morgan fingerprint density at radius 2 is 2.04 bits per heavy atom. The summed E-state index contributed by atoms with van der Waals surface area (Å²) < 4.78 is 5.53. The van der Waals surface area contributed by atoms with Gasteiger partial charge in [0.05, 0.1) is 17.4 Å². The van der Waals surface area contributed by atoms with E-state index in [4.69, 9.17) is 9.68 Å². The van der Waals surface area contributed by atoms with Crippen LogP contribution in [0.5, 0.6) is 0 Å². The SMILES string of the molecule is N#CCN(C(=O)CSc1nnc(-c2cccnc2)o1)c1ccccc1. The van der Waals surface area contributed by atoms with Gasteiger partial charge < -0.3 is 4.42 Å². The highest BCUT2D eigenvalue weighted by Crippen LogP contribution is 2.23. The summed E-state index contributed by atoms with van der Waals surface area (Å²) in [4.78, 5) is 17.9. The standard InChI is InChI=1S/C17H13N5O2S/c18-8-10-22(14-6-2-1-3-7-14)15(23)12-25-17-21-20-16(24-17)13-5-4-9-19-11-13/h1-7,9,11H,10,12H2. The first kappa shape index (κ1) is 16.7. The lowest BCUT2D eigenvalue weighted by Gasteiger charge is -2.18. The molecule has 0 aliphatic rings. The molecule has 8 heteroatoms. The normalized spacial score (nSPS) is 10.2. The third-order valence-corrected chi connectivity index (χ3v) is 4.04. The number of para-hydroxylation sites is 1. The number of carbonyl (C=O) groups is 1. The molecule has 1 amide bonds. The van der Waals surface area contributed by atoms with Crippen LogP contribution in [0, 0.1) is 11.3 Å². The zero-order valence-electron chi connectivity index (χ0n) is 13.1. The predicted octanol–water partition coefficient (Wildman–Crippen LogP) is 2.78. The van der Waals surface area contributed by atoms with E-state index in [2.05, 4.69) is 15.2 Å². The molecule has 3 rings (SSSR count). The van der Waals surface area contributed by atoms with Crippen LogP contribution >= 0.6 is 11.8 Å². The summed E-state index contributed by atoms with van der Waals surface area (Å²) in [6.45, 7) is -0.0197. The van der Waals surface area contributed by atoms with E-state index >= 15 is 0 Å². The molecule has 0 N–H and O–H groups in total.